The first-order valence-corrected chi connectivity index (χ1v) is 5.80. The SMILES string of the molecule is Nc1cc(Cl)nc(NCc2ccc(Cl)cc2)c1. The number of rotatable bonds is 3. The standard InChI is InChI=1S/C12H11Cl2N3/c13-9-3-1-8(2-4-9)7-16-12-6-10(15)5-11(14)17-12/h1-6H,7H2,(H3,15,16,17). The molecule has 17 heavy (non-hydrogen) atoms. The van der Waals surface area contributed by atoms with Crippen LogP contribution in [0.1, 0.15) is 5.56 Å². The van der Waals surface area contributed by atoms with Crippen LogP contribution in [-0.2, 0) is 6.54 Å². The summed E-state index contributed by atoms with van der Waals surface area (Å²) in [5.74, 6) is 0.657. The highest BCUT2D eigenvalue weighted by molar-refractivity contribution is 6.30. The molecule has 0 aliphatic heterocycles. The summed E-state index contributed by atoms with van der Waals surface area (Å²) < 4.78 is 0. The number of nitrogens with two attached hydrogens (primary N) is 1. The van der Waals surface area contributed by atoms with Gasteiger partial charge in [-0.05, 0) is 23.8 Å². The highest BCUT2D eigenvalue weighted by atomic mass is 35.5. The van der Waals surface area contributed by atoms with E-state index < -0.39 is 0 Å². The smallest absolute Gasteiger partial charge is 0.133 e. The van der Waals surface area contributed by atoms with Crippen LogP contribution >= 0.6 is 23.2 Å². The zero-order valence-electron chi connectivity index (χ0n) is 8.95. The van der Waals surface area contributed by atoms with Gasteiger partial charge in [0.2, 0.25) is 0 Å². The van der Waals surface area contributed by atoms with E-state index in [2.05, 4.69) is 10.3 Å². The highest BCUT2D eigenvalue weighted by Crippen LogP contribution is 2.17. The lowest BCUT2D eigenvalue weighted by Gasteiger charge is -2.07. The molecule has 0 spiro atoms. The molecule has 2 aromatic rings. The quantitative estimate of drug-likeness (QED) is 0.836. The molecule has 0 saturated heterocycles. The second kappa shape index (κ2) is 5.25. The van der Waals surface area contributed by atoms with Crippen LogP contribution in [0.4, 0.5) is 11.5 Å². The fourth-order valence-corrected chi connectivity index (χ4v) is 1.75. The lowest BCUT2D eigenvalue weighted by Crippen LogP contribution is -2.02. The molecule has 88 valence electrons. The number of benzene rings is 1. The summed E-state index contributed by atoms with van der Waals surface area (Å²) in [5, 5.41) is 4.24. The van der Waals surface area contributed by atoms with Crippen molar-refractivity contribution in [3.63, 3.8) is 0 Å². The molecule has 0 aliphatic rings. The Kier molecular flexibility index (Phi) is 3.71. The van der Waals surface area contributed by atoms with Gasteiger partial charge in [-0.25, -0.2) is 4.98 Å². The Hall–Kier alpha value is -1.45. The molecule has 0 unspecified atom stereocenters. The molecule has 0 fully saturated rings. The minimum atomic E-state index is 0.378. The maximum atomic E-state index is 5.80. The normalized spacial score (nSPS) is 10.2. The third-order valence-corrected chi connectivity index (χ3v) is 2.65. The summed E-state index contributed by atoms with van der Waals surface area (Å²) >= 11 is 11.6. The van der Waals surface area contributed by atoms with E-state index in [4.69, 9.17) is 28.9 Å². The number of nitrogen functional groups attached to an aromatic ring is 1. The maximum absolute atomic E-state index is 5.80. The lowest BCUT2D eigenvalue weighted by molar-refractivity contribution is 1.11. The van der Waals surface area contributed by atoms with Crippen LogP contribution in [0, 0.1) is 0 Å². The molecule has 5 heteroatoms. The van der Waals surface area contributed by atoms with Gasteiger partial charge in [0.15, 0.2) is 0 Å². The van der Waals surface area contributed by atoms with Crippen molar-refractivity contribution in [1.82, 2.24) is 4.98 Å². The number of hydrogen-bond acceptors (Lipinski definition) is 3. The molecule has 1 heterocycles. The summed E-state index contributed by atoms with van der Waals surface area (Å²) in [5.41, 5.74) is 7.36. The molecule has 0 bridgehead atoms. The lowest BCUT2D eigenvalue weighted by atomic mass is 10.2. The zero-order valence-corrected chi connectivity index (χ0v) is 10.5. The number of pyridine rings is 1. The third kappa shape index (κ3) is 3.51. The van der Waals surface area contributed by atoms with Crippen LogP contribution < -0.4 is 11.1 Å². The van der Waals surface area contributed by atoms with Crippen LogP contribution in [0.3, 0.4) is 0 Å². The Balaban J connectivity index is 2.04. The van der Waals surface area contributed by atoms with Crippen molar-refractivity contribution in [2.24, 2.45) is 0 Å². The molecule has 0 saturated carbocycles. The van der Waals surface area contributed by atoms with E-state index in [1.54, 1.807) is 12.1 Å². The van der Waals surface area contributed by atoms with Crippen molar-refractivity contribution in [3.8, 4) is 0 Å². The van der Waals surface area contributed by atoms with E-state index in [0.29, 0.717) is 23.2 Å². The number of nitrogens with zero attached hydrogens (tertiary/aromatic N) is 1. The van der Waals surface area contributed by atoms with Gasteiger partial charge >= 0.3 is 0 Å². The first kappa shape index (κ1) is 12.0. The van der Waals surface area contributed by atoms with Gasteiger partial charge in [-0.15, -0.1) is 0 Å². The minimum Gasteiger partial charge on any atom is -0.399 e. The van der Waals surface area contributed by atoms with Crippen LogP contribution in [0.2, 0.25) is 10.2 Å². The number of halogens is 2. The monoisotopic (exact) mass is 267 g/mol. The molecular formula is C12H11Cl2N3. The average Bonchev–Trinajstić information content (AvgIpc) is 2.27. The zero-order chi connectivity index (χ0) is 12.3. The summed E-state index contributed by atoms with van der Waals surface area (Å²) in [4.78, 5) is 4.11. The predicted molar refractivity (Wildman–Crippen MR) is 72.4 cm³/mol. The van der Waals surface area contributed by atoms with Crippen LogP contribution in [0.5, 0.6) is 0 Å². The first-order chi connectivity index (χ1) is 8.13. The van der Waals surface area contributed by atoms with Gasteiger partial charge in [0.05, 0.1) is 0 Å². The number of nitrogens with one attached hydrogen (secondary N) is 1. The van der Waals surface area contributed by atoms with Crippen LogP contribution in [0.15, 0.2) is 36.4 Å². The van der Waals surface area contributed by atoms with Crippen molar-refractivity contribution in [2.75, 3.05) is 11.1 Å². The number of hydrogen-bond donors (Lipinski definition) is 2. The Labute approximate surface area is 110 Å². The Morgan fingerprint density at radius 3 is 2.47 bits per heavy atom. The van der Waals surface area contributed by atoms with Crippen LogP contribution in [-0.4, -0.2) is 4.98 Å². The highest BCUT2D eigenvalue weighted by Gasteiger charge is 1.99. The molecule has 0 atom stereocenters. The Bertz CT molecular complexity index is 491. The van der Waals surface area contributed by atoms with Gasteiger partial charge < -0.3 is 11.1 Å². The topological polar surface area (TPSA) is 50.9 Å². The van der Waals surface area contributed by atoms with Gasteiger partial charge in [-0.2, -0.15) is 0 Å². The van der Waals surface area contributed by atoms with E-state index >= 15 is 0 Å². The second-order valence-corrected chi connectivity index (χ2v) is 4.41. The van der Waals surface area contributed by atoms with E-state index in [-0.39, 0.29) is 0 Å². The van der Waals surface area contributed by atoms with E-state index in [9.17, 15) is 0 Å². The van der Waals surface area contributed by atoms with Gasteiger partial charge in [0.1, 0.15) is 11.0 Å². The van der Waals surface area contributed by atoms with Crippen molar-refractivity contribution < 1.29 is 0 Å². The van der Waals surface area contributed by atoms with Gasteiger partial charge in [0, 0.05) is 23.3 Å². The molecule has 0 radical (unpaired) electrons. The Morgan fingerprint density at radius 1 is 1.12 bits per heavy atom. The molecule has 3 nitrogen and oxygen atoms in total. The van der Waals surface area contributed by atoms with Crippen molar-refractivity contribution in [2.45, 2.75) is 6.54 Å². The largest absolute Gasteiger partial charge is 0.399 e. The van der Waals surface area contributed by atoms with Crippen molar-refractivity contribution >= 4 is 34.7 Å². The van der Waals surface area contributed by atoms with Crippen molar-refractivity contribution in [3.05, 3.63) is 52.1 Å². The fraction of sp³-hybridized carbons (Fsp3) is 0.0833. The minimum absolute atomic E-state index is 0.378. The number of aromatic nitrogens is 1. The Morgan fingerprint density at radius 2 is 1.82 bits per heavy atom. The molecule has 1 aromatic heterocycles. The number of anilines is 2. The fourth-order valence-electron chi connectivity index (χ4n) is 1.40. The molecule has 0 aliphatic carbocycles. The first-order valence-electron chi connectivity index (χ1n) is 5.05. The summed E-state index contributed by atoms with van der Waals surface area (Å²) in [6.45, 7) is 0.643. The molecule has 0 amide bonds. The molecule has 1 aromatic carbocycles. The molecule has 2 rings (SSSR count). The third-order valence-electron chi connectivity index (χ3n) is 2.20. The summed E-state index contributed by atoms with van der Waals surface area (Å²) in [7, 11) is 0. The summed E-state index contributed by atoms with van der Waals surface area (Å²) in [6.07, 6.45) is 0. The van der Waals surface area contributed by atoms with E-state index in [0.717, 1.165) is 10.6 Å². The van der Waals surface area contributed by atoms with Crippen LogP contribution in [0.25, 0.3) is 0 Å². The van der Waals surface area contributed by atoms with Gasteiger partial charge in [-0.3, -0.25) is 0 Å². The van der Waals surface area contributed by atoms with Gasteiger partial charge in [-0.1, -0.05) is 35.3 Å². The average molecular weight is 268 g/mol. The van der Waals surface area contributed by atoms with Crippen molar-refractivity contribution in [1.29, 1.82) is 0 Å². The van der Waals surface area contributed by atoms with E-state index in [1.165, 1.54) is 0 Å². The molecular weight excluding hydrogens is 257 g/mol. The van der Waals surface area contributed by atoms with Gasteiger partial charge in [0.25, 0.3) is 0 Å². The second-order valence-electron chi connectivity index (χ2n) is 3.59. The summed E-state index contributed by atoms with van der Waals surface area (Å²) in [6, 6.07) is 10.9. The molecule has 3 N–H and O–H groups in total. The van der Waals surface area contributed by atoms with E-state index in [1.807, 2.05) is 24.3 Å². The predicted octanol–water partition coefficient (Wildman–Crippen LogP) is 3.58. The maximum Gasteiger partial charge on any atom is 0.133 e.